The van der Waals surface area contributed by atoms with Crippen LogP contribution in [0.2, 0.25) is 5.02 Å². The molecule has 1 amide bonds. The minimum Gasteiger partial charge on any atom is -0.453 e. The van der Waals surface area contributed by atoms with Crippen molar-refractivity contribution in [1.29, 1.82) is 0 Å². The van der Waals surface area contributed by atoms with Crippen LogP contribution in [0.3, 0.4) is 0 Å². The van der Waals surface area contributed by atoms with Gasteiger partial charge in [-0.15, -0.1) is 0 Å². The number of benzene rings is 2. The van der Waals surface area contributed by atoms with E-state index < -0.39 is 6.10 Å². The minimum absolute atomic E-state index is 0.0549. The molecule has 2 aromatic rings. The van der Waals surface area contributed by atoms with E-state index in [9.17, 15) is 9.59 Å². The lowest BCUT2D eigenvalue weighted by Gasteiger charge is -2.23. The molecule has 0 spiro atoms. The number of amidine groups is 1. The van der Waals surface area contributed by atoms with Gasteiger partial charge in [-0.05, 0) is 37.3 Å². The van der Waals surface area contributed by atoms with Crippen LogP contribution >= 0.6 is 23.4 Å². The second kappa shape index (κ2) is 7.37. The molecule has 0 aliphatic carbocycles. The van der Waals surface area contributed by atoms with Gasteiger partial charge >= 0.3 is 5.97 Å². The predicted octanol–water partition coefficient (Wildman–Crippen LogP) is 4.47. The normalized spacial score (nSPS) is 20.8. The van der Waals surface area contributed by atoms with Crippen LogP contribution in [0.5, 0.6) is 0 Å². The Hall–Kier alpha value is -2.31. The molecule has 2 aliphatic heterocycles. The average molecular weight is 401 g/mol. The molecule has 27 heavy (non-hydrogen) atoms. The number of carbonyl (C=O) groups excluding carboxylic acids is 2. The van der Waals surface area contributed by atoms with Crippen LogP contribution in [0.15, 0.2) is 53.5 Å². The smallest absolute Gasteiger partial charge is 0.339 e. The molecule has 0 aromatic heterocycles. The zero-order valence-corrected chi connectivity index (χ0v) is 16.2. The summed E-state index contributed by atoms with van der Waals surface area (Å²) in [6, 6.07) is 14.4. The SMILES string of the molecule is C[C@@H]1CSC(N(C(=O)C[C@H]2OC(=O)c3ccccc32)c2ccc(Cl)cc2)=N1. The Bertz CT molecular complexity index is 929. The van der Waals surface area contributed by atoms with E-state index in [1.54, 1.807) is 53.1 Å². The number of cyclic esters (lactones) is 1. The fraction of sp³-hybridized carbons (Fsp3) is 0.250. The van der Waals surface area contributed by atoms with Crippen molar-refractivity contribution in [1.82, 2.24) is 0 Å². The number of esters is 1. The average Bonchev–Trinajstić information content (AvgIpc) is 3.21. The summed E-state index contributed by atoms with van der Waals surface area (Å²) < 4.78 is 5.44. The van der Waals surface area contributed by atoms with E-state index in [0.717, 1.165) is 11.3 Å². The molecule has 0 bridgehead atoms. The zero-order chi connectivity index (χ0) is 19.0. The van der Waals surface area contributed by atoms with Crippen molar-refractivity contribution in [3.8, 4) is 0 Å². The molecule has 0 fully saturated rings. The third-order valence-electron chi connectivity index (χ3n) is 4.45. The molecule has 5 nitrogen and oxygen atoms in total. The highest BCUT2D eigenvalue weighted by atomic mass is 35.5. The number of hydrogen-bond donors (Lipinski definition) is 0. The molecular formula is C20H17ClN2O3S. The van der Waals surface area contributed by atoms with Crippen LogP contribution in [-0.4, -0.2) is 28.8 Å². The quantitative estimate of drug-likeness (QED) is 0.713. The lowest BCUT2D eigenvalue weighted by Crippen LogP contribution is -2.35. The van der Waals surface area contributed by atoms with Crippen molar-refractivity contribution in [3.63, 3.8) is 0 Å². The van der Waals surface area contributed by atoms with Gasteiger partial charge in [-0.3, -0.25) is 14.7 Å². The number of thioether (sulfide) groups is 1. The summed E-state index contributed by atoms with van der Waals surface area (Å²) in [4.78, 5) is 31.4. The van der Waals surface area contributed by atoms with Gasteiger partial charge in [0, 0.05) is 16.3 Å². The van der Waals surface area contributed by atoms with Gasteiger partial charge in [0.15, 0.2) is 5.17 Å². The van der Waals surface area contributed by atoms with E-state index in [0.29, 0.717) is 21.4 Å². The number of anilines is 1. The number of fused-ring (bicyclic) bond motifs is 1. The number of carbonyl (C=O) groups is 2. The van der Waals surface area contributed by atoms with Crippen molar-refractivity contribution in [2.75, 3.05) is 10.7 Å². The van der Waals surface area contributed by atoms with E-state index >= 15 is 0 Å². The molecule has 4 rings (SSSR count). The Morgan fingerprint density at radius 3 is 2.70 bits per heavy atom. The first kappa shape index (κ1) is 18.1. The Morgan fingerprint density at radius 2 is 2.00 bits per heavy atom. The maximum absolute atomic E-state index is 13.2. The van der Waals surface area contributed by atoms with Crippen LogP contribution in [0.1, 0.15) is 35.4 Å². The Morgan fingerprint density at radius 1 is 1.26 bits per heavy atom. The van der Waals surface area contributed by atoms with Gasteiger partial charge in [0.2, 0.25) is 5.91 Å². The number of ether oxygens (including phenoxy) is 1. The van der Waals surface area contributed by atoms with E-state index in [1.807, 2.05) is 19.1 Å². The minimum atomic E-state index is -0.583. The number of halogens is 1. The second-order valence-electron chi connectivity index (χ2n) is 6.46. The van der Waals surface area contributed by atoms with Crippen molar-refractivity contribution in [3.05, 3.63) is 64.7 Å². The molecule has 2 aliphatic rings. The molecule has 0 saturated carbocycles. The summed E-state index contributed by atoms with van der Waals surface area (Å²) in [6.07, 6.45) is -0.528. The molecule has 2 aromatic carbocycles. The molecule has 7 heteroatoms. The summed E-state index contributed by atoms with van der Waals surface area (Å²) in [5, 5.41) is 1.26. The van der Waals surface area contributed by atoms with Crippen molar-refractivity contribution < 1.29 is 14.3 Å². The van der Waals surface area contributed by atoms with Gasteiger partial charge in [-0.2, -0.15) is 0 Å². The van der Waals surface area contributed by atoms with E-state index in [2.05, 4.69) is 4.99 Å². The second-order valence-corrected chi connectivity index (χ2v) is 7.89. The summed E-state index contributed by atoms with van der Waals surface area (Å²) >= 11 is 7.54. The van der Waals surface area contributed by atoms with Crippen molar-refractivity contribution >= 4 is 46.1 Å². The summed E-state index contributed by atoms with van der Waals surface area (Å²) in [5.41, 5.74) is 1.97. The van der Waals surface area contributed by atoms with Crippen molar-refractivity contribution in [2.24, 2.45) is 4.99 Å². The van der Waals surface area contributed by atoms with E-state index in [-0.39, 0.29) is 24.3 Å². The standard InChI is InChI=1S/C20H17ClN2O3S/c1-12-11-27-20(22-12)23(14-8-6-13(21)7-9-14)18(24)10-17-15-4-2-3-5-16(15)19(25)26-17/h2-9,12,17H,10-11H2,1H3/t12-,17-/m1/s1. The van der Waals surface area contributed by atoms with Gasteiger partial charge < -0.3 is 4.74 Å². The predicted molar refractivity (Wildman–Crippen MR) is 108 cm³/mol. The highest BCUT2D eigenvalue weighted by Gasteiger charge is 2.35. The highest BCUT2D eigenvalue weighted by Crippen LogP contribution is 2.35. The summed E-state index contributed by atoms with van der Waals surface area (Å²) in [5.74, 6) is 0.267. The molecule has 2 heterocycles. The van der Waals surface area contributed by atoms with E-state index in [4.69, 9.17) is 16.3 Å². The molecule has 0 N–H and O–H groups in total. The van der Waals surface area contributed by atoms with E-state index in [1.165, 1.54) is 0 Å². The lowest BCUT2D eigenvalue weighted by molar-refractivity contribution is -0.119. The van der Waals surface area contributed by atoms with Crippen LogP contribution in [0.4, 0.5) is 5.69 Å². The molecule has 138 valence electrons. The highest BCUT2D eigenvalue weighted by molar-refractivity contribution is 8.14. The third-order valence-corrected chi connectivity index (χ3v) is 5.89. The monoisotopic (exact) mass is 400 g/mol. The summed E-state index contributed by atoms with van der Waals surface area (Å²) in [7, 11) is 0. The lowest BCUT2D eigenvalue weighted by atomic mass is 10.0. The van der Waals surface area contributed by atoms with Crippen LogP contribution < -0.4 is 4.90 Å². The molecule has 0 unspecified atom stereocenters. The topological polar surface area (TPSA) is 59.0 Å². The van der Waals surface area contributed by atoms with Crippen LogP contribution in [0.25, 0.3) is 0 Å². The first-order chi connectivity index (χ1) is 13.0. The zero-order valence-electron chi connectivity index (χ0n) is 14.6. The molecule has 2 atom stereocenters. The Kier molecular flexibility index (Phi) is 4.93. The third kappa shape index (κ3) is 3.59. The number of hydrogen-bond acceptors (Lipinski definition) is 5. The maximum atomic E-state index is 13.2. The maximum Gasteiger partial charge on any atom is 0.339 e. The fourth-order valence-electron chi connectivity index (χ4n) is 3.15. The number of nitrogens with zero attached hydrogens (tertiary/aromatic N) is 2. The molecule has 0 saturated heterocycles. The molecular weight excluding hydrogens is 384 g/mol. The largest absolute Gasteiger partial charge is 0.453 e. The van der Waals surface area contributed by atoms with Gasteiger partial charge in [-0.1, -0.05) is 41.6 Å². The fourth-order valence-corrected chi connectivity index (χ4v) is 4.33. The molecule has 0 radical (unpaired) electrons. The van der Waals surface area contributed by atoms with Gasteiger partial charge in [0.05, 0.1) is 23.7 Å². The van der Waals surface area contributed by atoms with Crippen molar-refractivity contribution in [2.45, 2.75) is 25.5 Å². The number of amides is 1. The van der Waals surface area contributed by atoms with Gasteiger partial charge in [0.1, 0.15) is 6.10 Å². The van der Waals surface area contributed by atoms with Crippen LogP contribution in [0, 0.1) is 0 Å². The number of rotatable bonds is 3. The van der Waals surface area contributed by atoms with Crippen LogP contribution in [-0.2, 0) is 9.53 Å². The first-order valence-corrected chi connectivity index (χ1v) is 9.98. The van der Waals surface area contributed by atoms with Gasteiger partial charge in [0.25, 0.3) is 0 Å². The Labute approximate surface area is 166 Å². The Balaban J connectivity index is 1.63. The summed E-state index contributed by atoms with van der Waals surface area (Å²) in [6.45, 7) is 2.01. The number of aliphatic imine (C=N–C) groups is 1. The van der Waals surface area contributed by atoms with Gasteiger partial charge in [-0.25, -0.2) is 4.79 Å². The first-order valence-electron chi connectivity index (χ1n) is 8.62.